The number of fused-ring (bicyclic) bond motifs is 4. The first kappa shape index (κ1) is 10.4. The third kappa shape index (κ3) is 1.53. The molecule has 90 valence electrons. The van der Waals surface area contributed by atoms with Crippen LogP contribution >= 0.6 is 0 Å². The van der Waals surface area contributed by atoms with Crippen molar-refractivity contribution in [3.8, 4) is 0 Å². The van der Waals surface area contributed by atoms with Gasteiger partial charge >= 0.3 is 5.97 Å². The molecule has 0 saturated carbocycles. The SMILES string of the molecule is COC(=O)c1cc(C)c2c(n1)N[C@H]1CCN2C1. The molecule has 3 heterocycles. The molecular formula is C12H15N3O2. The summed E-state index contributed by atoms with van der Waals surface area (Å²) in [7, 11) is 1.37. The Kier molecular flexibility index (Phi) is 2.21. The molecule has 5 heteroatoms. The molecule has 0 unspecified atom stereocenters. The Balaban J connectivity index is 2.08. The number of nitrogens with one attached hydrogen (secondary N) is 1. The van der Waals surface area contributed by atoms with Gasteiger partial charge in [-0.15, -0.1) is 0 Å². The highest BCUT2D eigenvalue weighted by Gasteiger charge is 2.32. The lowest BCUT2D eigenvalue weighted by atomic mass is 10.1. The minimum Gasteiger partial charge on any atom is -0.464 e. The van der Waals surface area contributed by atoms with Crippen molar-refractivity contribution in [3.05, 3.63) is 17.3 Å². The zero-order valence-electron chi connectivity index (χ0n) is 9.99. The van der Waals surface area contributed by atoms with Crippen molar-refractivity contribution in [2.45, 2.75) is 19.4 Å². The van der Waals surface area contributed by atoms with Crippen LogP contribution in [0.4, 0.5) is 11.5 Å². The number of carbonyl (C=O) groups excluding carboxylic acids is 1. The number of aryl methyl sites for hydroxylation is 1. The quantitative estimate of drug-likeness (QED) is 0.738. The smallest absolute Gasteiger partial charge is 0.356 e. The summed E-state index contributed by atoms with van der Waals surface area (Å²) in [4.78, 5) is 18.2. The van der Waals surface area contributed by atoms with Crippen LogP contribution in [0.25, 0.3) is 0 Å². The van der Waals surface area contributed by atoms with Crippen molar-refractivity contribution in [2.75, 3.05) is 30.4 Å². The van der Waals surface area contributed by atoms with Crippen LogP contribution in [-0.2, 0) is 4.74 Å². The van der Waals surface area contributed by atoms with Crippen LogP contribution in [0, 0.1) is 6.92 Å². The normalized spacial score (nSPS) is 20.8. The first-order valence-electron chi connectivity index (χ1n) is 5.80. The molecule has 0 amide bonds. The molecule has 1 aromatic heterocycles. The van der Waals surface area contributed by atoms with Gasteiger partial charge in [0, 0.05) is 19.1 Å². The van der Waals surface area contributed by atoms with Crippen LogP contribution < -0.4 is 10.2 Å². The molecule has 2 aliphatic rings. The van der Waals surface area contributed by atoms with Crippen LogP contribution in [0.15, 0.2) is 6.07 Å². The van der Waals surface area contributed by atoms with E-state index in [9.17, 15) is 4.79 Å². The Bertz CT molecular complexity index is 487. The third-order valence-electron chi connectivity index (χ3n) is 3.42. The van der Waals surface area contributed by atoms with Gasteiger partial charge in [0.15, 0.2) is 11.5 Å². The van der Waals surface area contributed by atoms with Crippen molar-refractivity contribution in [3.63, 3.8) is 0 Å². The lowest BCUT2D eigenvalue weighted by Gasteiger charge is -2.29. The van der Waals surface area contributed by atoms with E-state index >= 15 is 0 Å². The van der Waals surface area contributed by atoms with Gasteiger partial charge in [0.1, 0.15) is 0 Å². The van der Waals surface area contributed by atoms with E-state index in [0.29, 0.717) is 11.7 Å². The predicted molar refractivity (Wildman–Crippen MR) is 64.6 cm³/mol. The van der Waals surface area contributed by atoms with Crippen molar-refractivity contribution >= 4 is 17.5 Å². The summed E-state index contributed by atoms with van der Waals surface area (Å²) >= 11 is 0. The molecule has 3 rings (SSSR count). The second-order valence-corrected chi connectivity index (χ2v) is 4.59. The fraction of sp³-hybridized carbons (Fsp3) is 0.500. The number of methoxy groups -OCH3 is 1. The Morgan fingerprint density at radius 3 is 3.24 bits per heavy atom. The summed E-state index contributed by atoms with van der Waals surface area (Å²) in [5.41, 5.74) is 2.58. The second kappa shape index (κ2) is 3.61. The minimum atomic E-state index is -0.384. The van der Waals surface area contributed by atoms with Crippen LogP contribution in [0.5, 0.6) is 0 Å². The van der Waals surface area contributed by atoms with Crippen LogP contribution in [0.1, 0.15) is 22.5 Å². The second-order valence-electron chi connectivity index (χ2n) is 4.59. The molecule has 2 aliphatic heterocycles. The zero-order valence-corrected chi connectivity index (χ0v) is 9.99. The maximum atomic E-state index is 11.5. The van der Waals surface area contributed by atoms with Crippen LogP contribution in [0.2, 0.25) is 0 Å². The first-order valence-corrected chi connectivity index (χ1v) is 5.80. The van der Waals surface area contributed by atoms with Crippen LogP contribution in [0.3, 0.4) is 0 Å². The fourth-order valence-electron chi connectivity index (χ4n) is 2.65. The molecule has 1 fully saturated rings. The van der Waals surface area contributed by atoms with Gasteiger partial charge in [-0.05, 0) is 25.0 Å². The maximum absolute atomic E-state index is 11.5. The lowest BCUT2D eigenvalue weighted by Crippen LogP contribution is -2.33. The number of aromatic nitrogens is 1. The maximum Gasteiger partial charge on any atom is 0.356 e. The molecule has 5 nitrogen and oxygen atoms in total. The molecule has 1 aromatic rings. The van der Waals surface area contributed by atoms with E-state index in [4.69, 9.17) is 4.74 Å². The molecule has 0 spiro atoms. The van der Waals surface area contributed by atoms with Gasteiger partial charge in [-0.1, -0.05) is 0 Å². The van der Waals surface area contributed by atoms with Crippen molar-refractivity contribution in [1.29, 1.82) is 0 Å². The van der Waals surface area contributed by atoms with E-state index in [1.165, 1.54) is 7.11 Å². The van der Waals surface area contributed by atoms with Crippen molar-refractivity contribution in [1.82, 2.24) is 4.98 Å². The number of carbonyl (C=O) groups is 1. The average Bonchev–Trinajstić information content (AvgIpc) is 2.69. The van der Waals surface area contributed by atoms with Gasteiger partial charge in [0.2, 0.25) is 0 Å². The van der Waals surface area contributed by atoms with Gasteiger partial charge in [0.25, 0.3) is 0 Å². The number of hydrogen-bond donors (Lipinski definition) is 1. The molecule has 0 aromatic carbocycles. The van der Waals surface area contributed by atoms with E-state index in [1.54, 1.807) is 6.07 Å². The Morgan fingerprint density at radius 1 is 1.65 bits per heavy atom. The third-order valence-corrected chi connectivity index (χ3v) is 3.42. The van der Waals surface area contributed by atoms with Gasteiger partial charge in [0.05, 0.1) is 12.8 Å². The molecule has 1 saturated heterocycles. The summed E-state index contributed by atoms with van der Waals surface area (Å²) < 4.78 is 4.71. The number of nitrogens with zero attached hydrogens (tertiary/aromatic N) is 2. The first-order chi connectivity index (χ1) is 8.19. The zero-order chi connectivity index (χ0) is 12.0. The van der Waals surface area contributed by atoms with E-state index < -0.39 is 0 Å². The molecule has 2 bridgehead atoms. The highest BCUT2D eigenvalue weighted by atomic mass is 16.5. The Morgan fingerprint density at radius 2 is 2.47 bits per heavy atom. The summed E-state index contributed by atoms with van der Waals surface area (Å²) in [5, 5.41) is 3.39. The Hall–Kier alpha value is -1.78. The van der Waals surface area contributed by atoms with E-state index in [2.05, 4.69) is 15.2 Å². The molecule has 0 radical (unpaired) electrons. The number of hydrogen-bond acceptors (Lipinski definition) is 5. The number of ether oxygens (including phenoxy) is 1. The lowest BCUT2D eigenvalue weighted by molar-refractivity contribution is 0.0594. The van der Waals surface area contributed by atoms with Gasteiger partial charge in [-0.25, -0.2) is 9.78 Å². The fourth-order valence-corrected chi connectivity index (χ4v) is 2.65. The monoisotopic (exact) mass is 233 g/mol. The summed E-state index contributed by atoms with van der Waals surface area (Å²) in [5.74, 6) is 0.435. The highest BCUT2D eigenvalue weighted by molar-refractivity contribution is 5.90. The molecule has 17 heavy (non-hydrogen) atoms. The topological polar surface area (TPSA) is 54.5 Å². The summed E-state index contributed by atoms with van der Waals surface area (Å²) in [6.45, 7) is 4.10. The Labute approximate surface area is 99.8 Å². The number of esters is 1. The van der Waals surface area contributed by atoms with Gasteiger partial charge in [-0.3, -0.25) is 0 Å². The number of rotatable bonds is 1. The minimum absolute atomic E-state index is 0.374. The van der Waals surface area contributed by atoms with E-state index in [1.807, 2.05) is 6.92 Å². The van der Waals surface area contributed by atoms with E-state index in [0.717, 1.165) is 36.6 Å². The van der Waals surface area contributed by atoms with Crippen LogP contribution in [-0.4, -0.2) is 37.2 Å². The summed E-state index contributed by atoms with van der Waals surface area (Å²) in [6, 6.07) is 2.26. The highest BCUT2D eigenvalue weighted by Crippen LogP contribution is 2.36. The molecule has 0 aliphatic carbocycles. The van der Waals surface area contributed by atoms with Crippen molar-refractivity contribution in [2.24, 2.45) is 0 Å². The largest absolute Gasteiger partial charge is 0.464 e. The van der Waals surface area contributed by atoms with E-state index in [-0.39, 0.29) is 5.97 Å². The molecular weight excluding hydrogens is 218 g/mol. The number of pyridine rings is 1. The summed E-state index contributed by atoms with van der Waals surface area (Å²) in [6.07, 6.45) is 1.13. The van der Waals surface area contributed by atoms with Gasteiger partial charge in [-0.2, -0.15) is 0 Å². The van der Waals surface area contributed by atoms with Gasteiger partial charge < -0.3 is 15.0 Å². The van der Waals surface area contributed by atoms with Crippen molar-refractivity contribution < 1.29 is 9.53 Å². The molecule has 1 atom stereocenters. The molecule has 1 N–H and O–H groups in total. The predicted octanol–water partition coefficient (Wildman–Crippen LogP) is 1.18. The number of anilines is 2. The average molecular weight is 233 g/mol. The standard InChI is InChI=1S/C12H15N3O2/c1-7-5-9(12(16)17-2)14-11-10(7)15-4-3-8(6-15)13-11/h5,8H,3-4,6H2,1-2H3,(H,13,14)/t8-/m0/s1.